The molecule has 0 saturated carbocycles. The van der Waals surface area contributed by atoms with Crippen LogP contribution in [-0.2, 0) is 31.4 Å². The van der Waals surface area contributed by atoms with Crippen LogP contribution in [0, 0.1) is 27.7 Å². The normalized spacial score (nSPS) is 11.2. The van der Waals surface area contributed by atoms with Crippen LogP contribution in [0.3, 0.4) is 0 Å². The summed E-state index contributed by atoms with van der Waals surface area (Å²) in [6.07, 6.45) is 9.53. The summed E-state index contributed by atoms with van der Waals surface area (Å²) in [7, 11) is 0. The average Bonchev–Trinajstić information content (AvgIpc) is 2.88. The van der Waals surface area contributed by atoms with Gasteiger partial charge in [0.05, 0.1) is 0 Å². The first-order valence-corrected chi connectivity index (χ1v) is 15.0. The van der Waals surface area contributed by atoms with Crippen LogP contribution in [0.4, 0.5) is 4.39 Å². The van der Waals surface area contributed by atoms with Crippen molar-refractivity contribution in [2.24, 2.45) is 0 Å². The van der Waals surface area contributed by atoms with E-state index in [0.717, 1.165) is 43.2 Å². The van der Waals surface area contributed by atoms with Crippen LogP contribution in [0.2, 0.25) is 0 Å². The summed E-state index contributed by atoms with van der Waals surface area (Å²) in [4.78, 5) is 0. The Balaban J connectivity index is 0.000000508. The van der Waals surface area contributed by atoms with Crippen molar-refractivity contribution in [2.75, 3.05) is 0 Å². The molecule has 3 aromatic rings. The average molecular weight is 543 g/mol. The minimum Gasteiger partial charge on any atom is -0.239 e. The molecule has 0 N–H and O–H groups in total. The predicted octanol–water partition coefficient (Wildman–Crippen LogP) is 11.7. The van der Waals surface area contributed by atoms with Crippen LogP contribution in [-0.4, -0.2) is 0 Å². The Morgan fingerprint density at radius 2 is 1.43 bits per heavy atom. The molecular formula is C39H55F. The van der Waals surface area contributed by atoms with Gasteiger partial charge in [0.1, 0.15) is 5.67 Å². The van der Waals surface area contributed by atoms with Gasteiger partial charge in [0, 0.05) is 0 Å². The van der Waals surface area contributed by atoms with E-state index in [-0.39, 0.29) is 0 Å². The number of allylic oxidation sites excluding steroid dienone is 2. The minimum absolute atomic E-state index is 0.782. The van der Waals surface area contributed by atoms with E-state index in [2.05, 4.69) is 104 Å². The number of hydrogen-bond donors (Lipinski definition) is 0. The van der Waals surface area contributed by atoms with E-state index in [1.807, 2.05) is 19.9 Å². The minimum atomic E-state index is -1.29. The zero-order chi connectivity index (χ0) is 30.5. The molecule has 3 aromatic carbocycles. The number of aryl methyl sites for hydroxylation is 6. The Morgan fingerprint density at radius 3 is 1.93 bits per heavy atom. The maximum Gasteiger partial charge on any atom is 0.130 e. The molecule has 0 aromatic heterocycles. The van der Waals surface area contributed by atoms with E-state index in [1.165, 1.54) is 50.1 Å². The lowest BCUT2D eigenvalue weighted by molar-refractivity contribution is 0.220. The maximum absolute atomic E-state index is 14.3. The van der Waals surface area contributed by atoms with Gasteiger partial charge in [0.2, 0.25) is 0 Å². The Hall–Kier alpha value is -2.93. The molecule has 0 aliphatic rings. The smallest absolute Gasteiger partial charge is 0.130 e. The van der Waals surface area contributed by atoms with Gasteiger partial charge in [-0.3, -0.25) is 0 Å². The SMILES string of the molecule is C=CC.CCCc1c(CC)ccc(C)c1/C=C(\C)Cc1ccc(C(C)(C)F)c(C)c1.CCc1cc(C)ccc1C. The molecule has 40 heavy (non-hydrogen) atoms. The summed E-state index contributed by atoms with van der Waals surface area (Å²) in [6.45, 7) is 25.9. The summed E-state index contributed by atoms with van der Waals surface area (Å²) in [5, 5.41) is 0. The van der Waals surface area contributed by atoms with Crippen LogP contribution in [0.1, 0.15) is 111 Å². The summed E-state index contributed by atoms with van der Waals surface area (Å²) in [6, 6.07) is 17.3. The van der Waals surface area contributed by atoms with Gasteiger partial charge in [-0.15, -0.1) is 6.58 Å². The number of halogens is 1. The van der Waals surface area contributed by atoms with Gasteiger partial charge in [-0.2, -0.15) is 0 Å². The van der Waals surface area contributed by atoms with Crippen molar-refractivity contribution in [3.8, 4) is 0 Å². The van der Waals surface area contributed by atoms with E-state index in [9.17, 15) is 4.39 Å². The second kappa shape index (κ2) is 17.0. The van der Waals surface area contributed by atoms with E-state index in [1.54, 1.807) is 19.9 Å². The highest BCUT2D eigenvalue weighted by Crippen LogP contribution is 2.29. The lowest BCUT2D eigenvalue weighted by Crippen LogP contribution is -2.11. The molecule has 0 saturated heterocycles. The van der Waals surface area contributed by atoms with Gasteiger partial charge in [0.25, 0.3) is 0 Å². The van der Waals surface area contributed by atoms with Gasteiger partial charge >= 0.3 is 0 Å². The molecule has 0 atom stereocenters. The zero-order valence-corrected chi connectivity index (χ0v) is 27.4. The Morgan fingerprint density at radius 1 is 0.825 bits per heavy atom. The topological polar surface area (TPSA) is 0 Å². The lowest BCUT2D eigenvalue weighted by atomic mass is 9.89. The number of alkyl halides is 1. The van der Waals surface area contributed by atoms with Gasteiger partial charge in [-0.1, -0.05) is 99.0 Å². The van der Waals surface area contributed by atoms with Crippen LogP contribution >= 0.6 is 0 Å². The third kappa shape index (κ3) is 10.9. The third-order valence-electron chi connectivity index (χ3n) is 7.24. The molecule has 218 valence electrons. The third-order valence-corrected chi connectivity index (χ3v) is 7.24. The van der Waals surface area contributed by atoms with E-state index in [0.29, 0.717) is 0 Å². The molecule has 0 aliphatic carbocycles. The Labute approximate surface area is 246 Å². The lowest BCUT2D eigenvalue weighted by Gasteiger charge is -2.18. The second-order valence-electron chi connectivity index (χ2n) is 11.5. The quantitative estimate of drug-likeness (QED) is 0.248. The molecule has 0 bridgehead atoms. The summed E-state index contributed by atoms with van der Waals surface area (Å²) < 4.78 is 14.3. The van der Waals surface area contributed by atoms with Crippen molar-refractivity contribution in [1.29, 1.82) is 0 Å². The number of benzene rings is 3. The first kappa shape index (κ1) is 35.1. The van der Waals surface area contributed by atoms with Crippen LogP contribution in [0.15, 0.2) is 66.8 Å². The fraction of sp³-hybridized carbons (Fsp3) is 0.436. The van der Waals surface area contributed by atoms with Gasteiger partial charge in [-0.25, -0.2) is 4.39 Å². The van der Waals surface area contributed by atoms with Crippen LogP contribution in [0.25, 0.3) is 6.08 Å². The van der Waals surface area contributed by atoms with Crippen molar-refractivity contribution in [3.63, 3.8) is 0 Å². The summed E-state index contributed by atoms with van der Waals surface area (Å²) >= 11 is 0. The van der Waals surface area contributed by atoms with Gasteiger partial charge in [0.15, 0.2) is 0 Å². The number of rotatable bonds is 8. The molecule has 0 radical (unpaired) electrons. The molecule has 0 amide bonds. The van der Waals surface area contributed by atoms with Crippen LogP contribution < -0.4 is 0 Å². The van der Waals surface area contributed by atoms with Crippen molar-refractivity contribution < 1.29 is 4.39 Å². The molecule has 3 rings (SSSR count). The first-order chi connectivity index (χ1) is 18.8. The van der Waals surface area contributed by atoms with E-state index in [4.69, 9.17) is 0 Å². The molecule has 0 spiro atoms. The largest absolute Gasteiger partial charge is 0.239 e. The molecule has 0 unspecified atom stereocenters. The van der Waals surface area contributed by atoms with Crippen LogP contribution in [0.5, 0.6) is 0 Å². The predicted molar refractivity (Wildman–Crippen MR) is 178 cm³/mol. The Kier molecular flexibility index (Phi) is 14.9. The molecular weight excluding hydrogens is 487 g/mol. The molecule has 0 fully saturated rings. The molecule has 0 heterocycles. The first-order valence-electron chi connectivity index (χ1n) is 15.0. The van der Waals surface area contributed by atoms with E-state index >= 15 is 0 Å². The monoisotopic (exact) mass is 542 g/mol. The second-order valence-corrected chi connectivity index (χ2v) is 11.5. The van der Waals surface area contributed by atoms with Crippen molar-refractivity contribution >= 4 is 6.08 Å². The molecule has 1 heteroatoms. The van der Waals surface area contributed by atoms with Crippen molar-refractivity contribution in [2.45, 2.75) is 114 Å². The fourth-order valence-electron chi connectivity index (χ4n) is 5.21. The highest BCUT2D eigenvalue weighted by Gasteiger charge is 2.20. The van der Waals surface area contributed by atoms with Crippen molar-refractivity contribution in [3.05, 3.63) is 122 Å². The maximum atomic E-state index is 14.3. The fourth-order valence-corrected chi connectivity index (χ4v) is 5.21. The Bertz CT molecular complexity index is 1250. The summed E-state index contributed by atoms with van der Waals surface area (Å²) in [5.41, 5.74) is 13.1. The highest BCUT2D eigenvalue weighted by molar-refractivity contribution is 5.62. The number of hydrogen-bond acceptors (Lipinski definition) is 0. The standard InChI is InChI=1S/C26H35F.C10H14.C3H6/c1-8-10-23-22(9-2)13-11-19(4)24(23)16-18(3)15-21-12-14-25(20(5)17-21)26(6,7)27;1-4-10-7-8(2)5-6-9(10)3;1-3-2/h11-14,16-17H,8-10,15H2,1-7H3;5-7H,4H2,1-3H3;3H,1H2,2H3/b18-16+;;. The molecule has 0 nitrogen and oxygen atoms in total. The van der Waals surface area contributed by atoms with Gasteiger partial charge in [-0.05, 0) is 131 Å². The zero-order valence-electron chi connectivity index (χ0n) is 27.4. The van der Waals surface area contributed by atoms with Crippen molar-refractivity contribution in [1.82, 2.24) is 0 Å². The molecule has 0 aliphatic heterocycles. The van der Waals surface area contributed by atoms with E-state index < -0.39 is 5.67 Å². The van der Waals surface area contributed by atoms with Gasteiger partial charge < -0.3 is 0 Å². The highest BCUT2D eigenvalue weighted by atomic mass is 19.1. The summed E-state index contributed by atoms with van der Waals surface area (Å²) in [5.74, 6) is 0.